The summed E-state index contributed by atoms with van der Waals surface area (Å²) in [7, 11) is 0. The third kappa shape index (κ3) is 24.0. The molecule has 13 aromatic rings. The van der Waals surface area contributed by atoms with E-state index in [1.54, 1.807) is 146 Å². The van der Waals surface area contributed by atoms with E-state index in [2.05, 4.69) is 42.2 Å². The summed E-state index contributed by atoms with van der Waals surface area (Å²) >= 11 is 0. The first-order valence-electron chi connectivity index (χ1n) is 41.8. The third-order valence-corrected chi connectivity index (χ3v) is 21.7. The summed E-state index contributed by atoms with van der Waals surface area (Å²) in [6.45, 7) is -1.34. The number of alkyl carbamates (subject to hydrolysis) is 1. The number of fused-ring (bicyclic) bond motifs is 4. The van der Waals surface area contributed by atoms with Gasteiger partial charge in [-0.05, 0) is 92.4 Å². The highest BCUT2D eigenvalue weighted by atomic mass is 16.6. The van der Waals surface area contributed by atoms with Crippen molar-refractivity contribution in [3.63, 3.8) is 0 Å². The van der Waals surface area contributed by atoms with Crippen molar-refractivity contribution in [1.29, 1.82) is 0 Å². The maximum Gasteiger partial charge on any atom is 0.407 e. The molecule has 12 aromatic carbocycles. The van der Waals surface area contributed by atoms with Crippen LogP contribution in [0.25, 0.3) is 22.0 Å². The van der Waals surface area contributed by atoms with E-state index in [9.17, 15) is 28.8 Å². The lowest BCUT2D eigenvalue weighted by Crippen LogP contribution is -2.59. The summed E-state index contributed by atoms with van der Waals surface area (Å²) in [5, 5.41) is 19.9. The molecule has 0 radical (unpaired) electrons. The molecule has 24 nitrogen and oxygen atoms in total. The zero-order chi connectivity index (χ0) is 88.1. The molecule has 7 amide bonds. The zero-order valence-corrected chi connectivity index (χ0v) is 69.3. The summed E-state index contributed by atoms with van der Waals surface area (Å²) in [4.78, 5) is 150. The molecule has 0 spiro atoms. The van der Waals surface area contributed by atoms with Crippen molar-refractivity contribution < 1.29 is 76.4 Å². The molecule has 8 N–H and O–H groups in total. The number of amides is 7. The quantitative estimate of drug-likeness (QED) is 0.0100. The maximum atomic E-state index is 15.7. The average molecular weight is 1700 g/mol. The van der Waals surface area contributed by atoms with E-state index in [1.165, 1.54) is 12.1 Å². The number of hydrogen-bond acceptors (Lipinski definition) is 16. The predicted octanol–water partition coefficient (Wildman–Crippen LogP) is 13.9. The molecule has 1 aromatic heterocycles. The highest BCUT2D eigenvalue weighted by Crippen LogP contribution is 2.45. The number of carbonyl (C=O) groups is 10. The number of aromatic nitrogens is 1. The van der Waals surface area contributed by atoms with Crippen LogP contribution in [-0.2, 0) is 107 Å². The Balaban J connectivity index is 0.724. The number of H-pyrrole nitrogens is 1. The minimum Gasteiger partial charge on any atom is -0.489 e. The Morgan fingerprint density at radius 1 is 0.370 bits per heavy atom. The normalized spacial score (nSPS) is 12.6. The molecule has 14 rings (SSSR count). The standard InChI is InChI=1S/C103H94N8O16/c112-93(68-123-80-44-28-43-78(60-80)106-99(118)90(58-70-51-53-79(54-52-70)122-64-71-31-10-2-11-32-71)111-102(121)126-67-86-84-48-24-22-46-82(84)83-47-23-25-49-85(83)86)107-88(55-56-94(113)127-103(75-37-16-5-17-38-75,76-39-18-6-19-40-76)77-41-20-7-21-42-77)98(117)109-91(59-74-62-104-87-50-27-26-45-81(74)87)100(119)110-92(61-95(114)124-65-72-33-12-3-13-34-72)101(120)108-89(57-69-29-8-1-9-30-69)97(116)105-63-96(115)125-66-73-35-14-4-15-36-73/h1-54,60,62,86,88-92,104H,55-59,61,63-68H2,(H,105,116)(H,106,118)(H,107,112)(H,108,120)(H,109,117)(H,110,119)(H,111,121)/t88-,89-,90-,91-,92-/m0/s1. The van der Waals surface area contributed by atoms with Crippen LogP contribution >= 0.6 is 0 Å². The van der Waals surface area contributed by atoms with Gasteiger partial charge in [-0.1, -0.05) is 297 Å². The molecule has 127 heavy (non-hydrogen) atoms. The van der Waals surface area contributed by atoms with E-state index in [0.29, 0.717) is 67.8 Å². The van der Waals surface area contributed by atoms with Gasteiger partial charge in [0.15, 0.2) is 12.2 Å². The summed E-state index contributed by atoms with van der Waals surface area (Å²) in [6, 6.07) is 92.0. The first-order chi connectivity index (χ1) is 62.0. The molecule has 1 aliphatic rings. The van der Waals surface area contributed by atoms with Crippen molar-refractivity contribution in [1.82, 2.24) is 36.9 Å². The lowest BCUT2D eigenvalue weighted by molar-refractivity contribution is -0.154. The van der Waals surface area contributed by atoms with Crippen molar-refractivity contribution in [3.05, 3.63) is 401 Å². The van der Waals surface area contributed by atoms with E-state index < -0.39 is 128 Å². The summed E-state index contributed by atoms with van der Waals surface area (Å²) in [5.74, 6) is -7.50. The highest BCUT2D eigenvalue weighted by molar-refractivity contribution is 5.99. The summed E-state index contributed by atoms with van der Waals surface area (Å²) < 4.78 is 36.0. The summed E-state index contributed by atoms with van der Waals surface area (Å²) in [6.07, 6.45) is -1.39. The second kappa shape index (κ2) is 43.4. The Kier molecular flexibility index (Phi) is 29.9. The third-order valence-electron chi connectivity index (χ3n) is 21.7. The minimum atomic E-state index is -1.82. The number of benzene rings is 12. The van der Waals surface area contributed by atoms with Crippen molar-refractivity contribution in [2.24, 2.45) is 0 Å². The zero-order valence-electron chi connectivity index (χ0n) is 69.3. The highest BCUT2D eigenvalue weighted by Gasteiger charge is 2.42. The van der Waals surface area contributed by atoms with Gasteiger partial charge >= 0.3 is 24.0 Å². The van der Waals surface area contributed by atoms with Gasteiger partial charge in [0.05, 0.1) is 6.42 Å². The predicted molar refractivity (Wildman–Crippen MR) is 478 cm³/mol. The van der Waals surface area contributed by atoms with Crippen molar-refractivity contribution >= 4 is 76.0 Å². The fraction of sp³-hybridized carbons (Fsp3) is 0.184. The van der Waals surface area contributed by atoms with Crippen LogP contribution in [0.3, 0.4) is 0 Å². The first kappa shape index (κ1) is 87.6. The molecule has 5 atom stereocenters. The van der Waals surface area contributed by atoms with Crippen molar-refractivity contribution in [2.45, 2.75) is 100 Å². The van der Waals surface area contributed by atoms with Gasteiger partial charge in [-0.25, -0.2) is 4.79 Å². The molecule has 0 saturated heterocycles. The van der Waals surface area contributed by atoms with Gasteiger partial charge in [-0.3, -0.25) is 43.2 Å². The van der Waals surface area contributed by atoms with Crippen LogP contribution in [0.1, 0.15) is 86.4 Å². The van der Waals surface area contributed by atoms with Crippen molar-refractivity contribution in [2.75, 3.05) is 25.1 Å². The Labute approximate surface area is 734 Å². The number of rotatable bonds is 40. The van der Waals surface area contributed by atoms with Gasteiger partial charge in [-0.2, -0.15) is 0 Å². The number of carbonyl (C=O) groups excluding carboxylic acids is 10. The molecular formula is C103H94N8O16. The van der Waals surface area contributed by atoms with Gasteiger partial charge < -0.3 is 70.6 Å². The van der Waals surface area contributed by atoms with Crippen LogP contribution in [0.5, 0.6) is 11.5 Å². The van der Waals surface area contributed by atoms with Crippen LogP contribution in [0.15, 0.2) is 340 Å². The average Bonchev–Trinajstić information content (AvgIpc) is 1.34. The Morgan fingerprint density at radius 3 is 1.43 bits per heavy atom. The molecule has 1 aliphatic carbocycles. The molecule has 1 heterocycles. The maximum absolute atomic E-state index is 15.7. The number of nitrogens with one attached hydrogen (secondary N) is 8. The Hall–Kier alpha value is -15.7. The molecule has 0 fully saturated rings. The van der Waals surface area contributed by atoms with Gasteiger partial charge in [-0.15, -0.1) is 0 Å². The van der Waals surface area contributed by atoms with Crippen LogP contribution < -0.4 is 46.7 Å². The lowest BCUT2D eigenvalue weighted by Gasteiger charge is -2.35. The van der Waals surface area contributed by atoms with Crippen molar-refractivity contribution in [3.8, 4) is 22.6 Å². The molecule has 0 saturated carbocycles. The number of ether oxygens (including phenoxy) is 6. The van der Waals surface area contributed by atoms with Gasteiger partial charge in [0.1, 0.15) is 74.7 Å². The van der Waals surface area contributed by atoms with E-state index in [-0.39, 0.29) is 56.4 Å². The number of hydrogen-bond donors (Lipinski definition) is 8. The Bertz CT molecular complexity index is 5790. The van der Waals surface area contributed by atoms with Crippen LogP contribution in [0, 0.1) is 0 Å². The van der Waals surface area contributed by atoms with Gasteiger partial charge in [0.25, 0.3) is 5.91 Å². The fourth-order valence-corrected chi connectivity index (χ4v) is 15.3. The number of aromatic amines is 1. The van der Waals surface area contributed by atoms with E-state index in [0.717, 1.165) is 27.8 Å². The second-order valence-electron chi connectivity index (χ2n) is 30.5. The number of esters is 3. The minimum absolute atomic E-state index is 0.0145. The molecular weight excluding hydrogens is 1610 g/mol. The number of anilines is 1. The van der Waals surface area contributed by atoms with Gasteiger partial charge in [0.2, 0.25) is 29.5 Å². The van der Waals surface area contributed by atoms with E-state index in [1.807, 2.05) is 182 Å². The summed E-state index contributed by atoms with van der Waals surface area (Å²) in [5.41, 5.74) is 9.26. The molecule has 0 unspecified atom stereocenters. The first-order valence-corrected chi connectivity index (χ1v) is 41.8. The van der Waals surface area contributed by atoms with Crippen LogP contribution in [0.2, 0.25) is 0 Å². The monoisotopic (exact) mass is 1700 g/mol. The molecule has 0 aliphatic heterocycles. The van der Waals surface area contributed by atoms with Crippen LogP contribution in [0.4, 0.5) is 10.5 Å². The SMILES string of the molecule is O=C(COc1cccc(NC(=O)[C@H](Cc2ccc(OCc3ccccc3)cc2)NC(=O)OCC2c3ccccc3-c3ccccc32)c1)N[C@@H](CCC(=O)OC(c1ccccc1)(c1ccccc1)c1ccccc1)C(=O)N[C@@H](Cc1c[nH]c2ccccc12)C(=O)N[C@@H](CC(=O)OCc1ccccc1)C(=O)N[C@@H](Cc1ccccc1)C(=O)NCC(=O)OCc1ccccc1. The smallest absolute Gasteiger partial charge is 0.407 e. The van der Waals surface area contributed by atoms with Crippen LogP contribution in [-0.4, -0.2) is 114 Å². The molecule has 642 valence electrons. The van der Waals surface area contributed by atoms with E-state index >= 15 is 19.2 Å². The topological polar surface area (TPSA) is 326 Å². The van der Waals surface area contributed by atoms with Gasteiger partial charge in [0, 0.05) is 77.1 Å². The molecule has 24 heteroatoms. The van der Waals surface area contributed by atoms with E-state index in [4.69, 9.17) is 28.4 Å². The second-order valence-corrected chi connectivity index (χ2v) is 30.5. The largest absolute Gasteiger partial charge is 0.489 e. The molecule has 0 bridgehead atoms. The Morgan fingerprint density at radius 2 is 0.843 bits per heavy atom. The number of para-hydroxylation sites is 1. The lowest BCUT2D eigenvalue weighted by atomic mass is 9.80. The fourth-order valence-electron chi connectivity index (χ4n) is 15.3.